The van der Waals surface area contributed by atoms with Crippen LogP contribution in [0.25, 0.3) is 11.1 Å². The molecule has 0 aliphatic heterocycles. The molecule has 0 aliphatic rings. The molecule has 2 aromatic carbocycles. The number of methoxy groups -OCH3 is 1. The average Bonchev–Trinajstić information content (AvgIpc) is 2.46. The Morgan fingerprint density at radius 2 is 2.00 bits per heavy atom. The van der Waals surface area contributed by atoms with E-state index in [-0.39, 0.29) is 12.0 Å². The molecule has 3 N–H and O–H groups in total. The third-order valence-corrected chi connectivity index (χ3v) is 3.23. The number of carbonyl (C=O) groups is 1. The monoisotopic (exact) mass is 307 g/mol. The van der Waals surface area contributed by atoms with Crippen molar-refractivity contribution in [2.75, 3.05) is 7.11 Å². The Kier molecular flexibility index (Phi) is 4.72. The largest absolute Gasteiger partial charge is 0.497 e. The van der Waals surface area contributed by atoms with Gasteiger partial charge in [0.1, 0.15) is 17.4 Å². The Morgan fingerprint density at radius 3 is 2.59 bits per heavy atom. The molecule has 0 saturated carbocycles. The molecule has 0 radical (unpaired) electrons. The van der Waals surface area contributed by atoms with Crippen LogP contribution in [0.5, 0.6) is 5.75 Å². The third kappa shape index (κ3) is 3.59. The fourth-order valence-corrected chi connectivity index (χ4v) is 2.14. The summed E-state index contributed by atoms with van der Waals surface area (Å²) in [5.41, 5.74) is 6.96. The van der Waals surface area contributed by atoms with E-state index in [2.05, 4.69) is 0 Å². The van der Waals surface area contributed by atoms with E-state index in [1.165, 1.54) is 13.2 Å². The predicted molar refractivity (Wildman–Crippen MR) is 77.5 cm³/mol. The predicted octanol–water partition coefficient (Wildman–Crippen LogP) is 3.11. The lowest BCUT2D eigenvalue weighted by Gasteiger charge is -2.14. The maximum Gasteiger partial charge on any atom is 0.305 e. The summed E-state index contributed by atoms with van der Waals surface area (Å²) in [6.45, 7) is 0. The van der Waals surface area contributed by atoms with Gasteiger partial charge in [0.15, 0.2) is 0 Å². The van der Waals surface area contributed by atoms with Gasteiger partial charge in [-0.1, -0.05) is 0 Å². The normalized spacial score (nSPS) is 12.0. The topological polar surface area (TPSA) is 72.5 Å². The first-order valence-corrected chi connectivity index (χ1v) is 6.52. The second kappa shape index (κ2) is 6.53. The van der Waals surface area contributed by atoms with Gasteiger partial charge >= 0.3 is 5.97 Å². The zero-order valence-electron chi connectivity index (χ0n) is 11.8. The van der Waals surface area contributed by atoms with E-state index >= 15 is 0 Å². The lowest BCUT2D eigenvalue weighted by atomic mass is 9.97. The second-order valence-electron chi connectivity index (χ2n) is 4.82. The van der Waals surface area contributed by atoms with Gasteiger partial charge in [0, 0.05) is 17.7 Å². The van der Waals surface area contributed by atoms with Crippen molar-refractivity contribution >= 4 is 5.97 Å². The molecule has 1 atom stereocenters. The molecule has 0 saturated heterocycles. The summed E-state index contributed by atoms with van der Waals surface area (Å²) in [7, 11) is 1.44. The Bertz CT molecular complexity index is 704. The summed E-state index contributed by atoms with van der Waals surface area (Å²) >= 11 is 0. The van der Waals surface area contributed by atoms with Crippen molar-refractivity contribution in [3.8, 4) is 16.9 Å². The average molecular weight is 307 g/mol. The van der Waals surface area contributed by atoms with Crippen molar-refractivity contribution in [2.24, 2.45) is 5.73 Å². The van der Waals surface area contributed by atoms with Gasteiger partial charge < -0.3 is 15.6 Å². The van der Waals surface area contributed by atoms with E-state index in [9.17, 15) is 13.6 Å². The molecule has 0 amide bonds. The number of halogens is 2. The summed E-state index contributed by atoms with van der Waals surface area (Å²) in [6, 6.07) is 7.24. The Hall–Kier alpha value is -2.47. The van der Waals surface area contributed by atoms with E-state index in [0.29, 0.717) is 16.9 Å². The SMILES string of the molecule is COc1cc(-c2ccc(F)cc2F)cc([C@@H](N)CC(=O)O)c1. The molecule has 0 aliphatic carbocycles. The molecule has 2 aromatic rings. The zero-order valence-corrected chi connectivity index (χ0v) is 11.8. The van der Waals surface area contributed by atoms with Crippen molar-refractivity contribution < 1.29 is 23.4 Å². The van der Waals surface area contributed by atoms with Crippen molar-refractivity contribution in [3.63, 3.8) is 0 Å². The van der Waals surface area contributed by atoms with Crippen LogP contribution in [0.15, 0.2) is 36.4 Å². The third-order valence-electron chi connectivity index (χ3n) is 3.23. The maximum absolute atomic E-state index is 13.9. The summed E-state index contributed by atoms with van der Waals surface area (Å²) in [5, 5.41) is 8.82. The van der Waals surface area contributed by atoms with Crippen LogP contribution in [0.1, 0.15) is 18.0 Å². The fraction of sp³-hybridized carbons (Fsp3) is 0.188. The number of ether oxygens (including phenoxy) is 1. The highest BCUT2D eigenvalue weighted by molar-refractivity contribution is 5.70. The molecule has 0 aromatic heterocycles. The van der Waals surface area contributed by atoms with Gasteiger partial charge in [-0.2, -0.15) is 0 Å². The van der Waals surface area contributed by atoms with Gasteiger partial charge in [0.25, 0.3) is 0 Å². The Labute approximate surface area is 126 Å². The zero-order chi connectivity index (χ0) is 16.3. The minimum Gasteiger partial charge on any atom is -0.497 e. The number of carboxylic acids is 1. The number of carboxylic acid groups (broad SMARTS) is 1. The first-order valence-electron chi connectivity index (χ1n) is 6.52. The van der Waals surface area contributed by atoms with E-state index in [1.807, 2.05) is 0 Å². The summed E-state index contributed by atoms with van der Waals surface area (Å²) in [4.78, 5) is 10.8. The van der Waals surface area contributed by atoms with Crippen LogP contribution in [-0.4, -0.2) is 18.2 Å². The van der Waals surface area contributed by atoms with E-state index in [0.717, 1.165) is 12.1 Å². The summed E-state index contributed by atoms with van der Waals surface area (Å²) in [5.74, 6) is -2.01. The highest BCUT2D eigenvalue weighted by atomic mass is 19.1. The summed E-state index contributed by atoms with van der Waals surface area (Å²) in [6.07, 6.45) is -0.265. The second-order valence-corrected chi connectivity index (χ2v) is 4.82. The van der Waals surface area contributed by atoms with Gasteiger partial charge in [-0.15, -0.1) is 0 Å². The maximum atomic E-state index is 13.9. The number of hydrogen-bond acceptors (Lipinski definition) is 3. The van der Waals surface area contributed by atoms with Crippen molar-refractivity contribution in [1.29, 1.82) is 0 Å². The van der Waals surface area contributed by atoms with Gasteiger partial charge in [-0.25, -0.2) is 8.78 Å². The van der Waals surface area contributed by atoms with E-state index in [1.54, 1.807) is 18.2 Å². The van der Waals surface area contributed by atoms with Crippen LogP contribution >= 0.6 is 0 Å². The molecular formula is C16H15F2NO3. The van der Waals surface area contributed by atoms with Crippen LogP contribution in [0.3, 0.4) is 0 Å². The number of aliphatic carboxylic acids is 1. The van der Waals surface area contributed by atoms with Crippen LogP contribution in [-0.2, 0) is 4.79 Å². The fourth-order valence-electron chi connectivity index (χ4n) is 2.14. The Morgan fingerprint density at radius 1 is 1.27 bits per heavy atom. The molecule has 0 bridgehead atoms. The Balaban J connectivity index is 2.49. The highest BCUT2D eigenvalue weighted by Crippen LogP contribution is 2.31. The molecule has 0 fully saturated rings. The minimum absolute atomic E-state index is 0.184. The van der Waals surface area contributed by atoms with Crippen LogP contribution in [0, 0.1) is 11.6 Å². The van der Waals surface area contributed by atoms with Crippen molar-refractivity contribution in [2.45, 2.75) is 12.5 Å². The van der Waals surface area contributed by atoms with Gasteiger partial charge in [0.2, 0.25) is 0 Å². The molecule has 6 heteroatoms. The number of hydrogen-bond donors (Lipinski definition) is 2. The number of nitrogens with two attached hydrogens (primary N) is 1. The van der Waals surface area contributed by atoms with Gasteiger partial charge in [-0.3, -0.25) is 4.79 Å². The highest BCUT2D eigenvalue weighted by Gasteiger charge is 2.15. The first kappa shape index (κ1) is 15.9. The lowest BCUT2D eigenvalue weighted by Crippen LogP contribution is -2.15. The van der Waals surface area contributed by atoms with E-state index in [4.69, 9.17) is 15.6 Å². The molecule has 0 heterocycles. The van der Waals surface area contributed by atoms with Crippen LogP contribution in [0.4, 0.5) is 8.78 Å². The molecule has 0 spiro atoms. The standard InChI is InChI=1S/C16H15F2NO3/c1-22-12-5-9(13-3-2-11(17)7-14(13)18)4-10(6-12)15(19)8-16(20)21/h2-7,15H,8,19H2,1H3,(H,20,21)/t15-/m0/s1. The van der Waals surface area contributed by atoms with Crippen molar-refractivity contribution in [3.05, 3.63) is 53.6 Å². The molecule has 116 valence electrons. The first-order chi connectivity index (χ1) is 10.4. The molecule has 2 rings (SSSR count). The molecule has 0 unspecified atom stereocenters. The lowest BCUT2D eigenvalue weighted by molar-refractivity contribution is -0.137. The molecule has 4 nitrogen and oxygen atoms in total. The van der Waals surface area contributed by atoms with Crippen molar-refractivity contribution in [1.82, 2.24) is 0 Å². The van der Waals surface area contributed by atoms with Gasteiger partial charge in [0.05, 0.1) is 13.5 Å². The quantitative estimate of drug-likeness (QED) is 0.890. The number of rotatable bonds is 5. The van der Waals surface area contributed by atoms with Crippen LogP contribution in [0.2, 0.25) is 0 Å². The summed E-state index contributed by atoms with van der Waals surface area (Å²) < 4.78 is 32.1. The van der Waals surface area contributed by atoms with Crippen LogP contribution < -0.4 is 10.5 Å². The van der Waals surface area contributed by atoms with Gasteiger partial charge in [-0.05, 0) is 41.5 Å². The molecule has 22 heavy (non-hydrogen) atoms. The van der Waals surface area contributed by atoms with E-state index < -0.39 is 23.6 Å². The minimum atomic E-state index is -1.04. The smallest absolute Gasteiger partial charge is 0.305 e. The number of benzene rings is 2. The molecular weight excluding hydrogens is 292 g/mol.